The first-order valence-corrected chi connectivity index (χ1v) is 11.5. The van der Waals surface area contributed by atoms with Gasteiger partial charge in [0.05, 0.1) is 0 Å². The van der Waals surface area contributed by atoms with Crippen LogP contribution in [0.2, 0.25) is 0 Å². The molecule has 29 heavy (non-hydrogen) atoms. The van der Waals surface area contributed by atoms with Gasteiger partial charge in [-0.3, -0.25) is 9.69 Å². The third-order valence-electron chi connectivity index (χ3n) is 4.71. The molecule has 1 N–H and O–H groups in total. The van der Waals surface area contributed by atoms with E-state index in [0.29, 0.717) is 32.7 Å². The van der Waals surface area contributed by atoms with Gasteiger partial charge in [0.15, 0.2) is 11.5 Å². The number of aromatic nitrogens is 2. The lowest BCUT2D eigenvalue weighted by atomic mass is 10.2. The number of amides is 1. The van der Waals surface area contributed by atoms with E-state index in [0.717, 1.165) is 28.4 Å². The molecule has 2 aliphatic rings. The average molecular weight is 440 g/mol. The lowest BCUT2D eigenvalue weighted by molar-refractivity contribution is -0.115. The molecule has 0 spiro atoms. The van der Waals surface area contributed by atoms with E-state index in [-0.39, 0.29) is 28.6 Å². The van der Waals surface area contributed by atoms with Gasteiger partial charge in [-0.05, 0) is 17.7 Å². The molecule has 4 rings (SSSR count). The molecule has 3 heterocycles. The Morgan fingerprint density at radius 3 is 2.69 bits per heavy atom. The van der Waals surface area contributed by atoms with Crippen LogP contribution in [0.5, 0.6) is 11.5 Å². The van der Waals surface area contributed by atoms with E-state index in [1.165, 1.54) is 4.31 Å². The van der Waals surface area contributed by atoms with Gasteiger partial charge in [0.1, 0.15) is 0 Å². The third-order valence-corrected chi connectivity index (χ3v) is 7.79. The Labute approximate surface area is 172 Å². The normalized spacial score (nSPS) is 17.4. The largest absolute Gasteiger partial charge is 0.454 e. The zero-order chi connectivity index (χ0) is 20.4. The first kappa shape index (κ1) is 20.0. The molecule has 0 atom stereocenters. The van der Waals surface area contributed by atoms with Crippen LogP contribution < -0.4 is 14.8 Å². The number of sulfonamides is 1. The smallest absolute Gasteiger partial charge is 0.272 e. The van der Waals surface area contributed by atoms with Gasteiger partial charge in [0, 0.05) is 39.1 Å². The summed E-state index contributed by atoms with van der Waals surface area (Å²) in [4.78, 5) is 13.6. The van der Waals surface area contributed by atoms with Crippen molar-refractivity contribution >= 4 is 32.4 Å². The van der Waals surface area contributed by atoms with Crippen LogP contribution in [0, 0.1) is 0 Å². The van der Waals surface area contributed by atoms with Crippen LogP contribution >= 0.6 is 11.3 Å². The molecular formula is C17H21N5O5S2. The van der Waals surface area contributed by atoms with Gasteiger partial charge in [0.2, 0.25) is 22.2 Å². The molecule has 156 valence electrons. The number of carbonyl (C=O) groups is 1. The summed E-state index contributed by atoms with van der Waals surface area (Å²) >= 11 is 0.869. The first-order valence-electron chi connectivity index (χ1n) is 9.20. The summed E-state index contributed by atoms with van der Waals surface area (Å²) in [6.07, 6.45) is 0.285. The fraction of sp³-hybridized carbons (Fsp3) is 0.471. The minimum atomic E-state index is -3.72. The Balaban J connectivity index is 1.35. The molecule has 2 aliphatic heterocycles. The molecule has 0 saturated carbocycles. The molecule has 1 amide bonds. The molecule has 0 bridgehead atoms. The van der Waals surface area contributed by atoms with Crippen LogP contribution in [0.15, 0.2) is 22.5 Å². The van der Waals surface area contributed by atoms with Crippen LogP contribution in [0.3, 0.4) is 0 Å². The molecule has 10 nitrogen and oxygen atoms in total. The highest BCUT2D eigenvalue weighted by atomic mass is 32.2. The van der Waals surface area contributed by atoms with E-state index < -0.39 is 10.0 Å². The minimum Gasteiger partial charge on any atom is -0.454 e. The van der Waals surface area contributed by atoms with E-state index in [1.807, 2.05) is 18.2 Å². The maximum absolute atomic E-state index is 12.8. The lowest BCUT2D eigenvalue weighted by Crippen LogP contribution is -2.48. The summed E-state index contributed by atoms with van der Waals surface area (Å²) in [5.74, 6) is 1.25. The maximum Gasteiger partial charge on any atom is 0.272 e. The highest BCUT2D eigenvalue weighted by Gasteiger charge is 2.32. The van der Waals surface area contributed by atoms with Crippen molar-refractivity contribution in [2.45, 2.75) is 24.2 Å². The standard InChI is InChI=1S/C17H21N5O5S2/c1-2-15(23)18-16-19-20-17(28-16)29(24,25)22-7-5-21(6-8-22)10-12-3-4-13-14(9-12)27-11-26-13/h3-4,9H,2,5-8,10-11H2,1H3,(H,18,19,23). The number of fused-ring (bicyclic) bond motifs is 1. The second-order valence-electron chi connectivity index (χ2n) is 6.64. The number of nitrogens with one attached hydrogen (secondary N) is 1. The van der Waals surface area contributed by atoms with Crippen molar-refractivity contribution in [2.75, 3.05) is 38.3 Å². The van der Waals surface area contributed by atoms with E-state index in [1.54, 1.807) is 6.92 Å². The van der Waals surface area contributed by atoms with Crippen LogP contribution in [0.4, 0.5) is 5.13 Å². The zero-order valence-corrected chi connectivity index (χ0v) is 17.5. The predicted octanol–water partition coefficient (Wildman–Crippen LogP) is 1.12. The number of hydrogen-bond donors (Lipinski definition) is 1. The van der Waals surface area contributed by atoms with E-state index in [2.05, 4.69) is 20.4 Å². The average Bonchev–Trinajstić information content (AvgIpc) is 3.37. The van der Waals surface area contributed by atoms with Gasteiger partial charge < -0.3 is 14.8 Å². The topological polar surface area (TPSA) is 114 Å². The summed E-state index contributed by atoms with van der Waals surface area (Å²) in [5, 5.41) is 10.2. The fourth-order valence-electron chi connectivity index (χ4n) is 3.11. The number of carbonyl (C=O) groups excluding carboxylic acids is 1. The van der Waals surface area contributed by atoms with E-state index >= 15 is 0 Å². The van der Waals surface area contributed by atoms with Crippen LogP contribution in [-0.4, -0.2) is 66.7 Å². The Bertz CT molecular complexity index is 1000. The fourth-order valence-corrected chi connectivity index (χ4v) is 5.58. The van der Waals surface area contributed by atoms with Crippen LogP contribution in [-0.2, 0) is 21.4 Å². The summed E-state index contributed by atoms with van der Waals surface area (Å²) in [6, 6.07) is 5.84. The van der Waals surface area contributed by atoms with Gasteiger partial charge in [0.25, 0.3) is 10.0 Å². The Morgan fingerprint density at radius 2 is 1.93 bits per heavy atom. The number of piperazine rings is 1. The van der Waals surface area contributed by atoms with E-state index in [4.69, 9.17) is 9.47 Å². The molecule has 0 unspecified atom stereocenters. The third kappa shape index (κ3) is 4.34. The summed E-state index contributed by atoms with van der Waals surface area (Å²) in [5.41, 5.74) is 1.09. The summed E-state index contributed by atoms with van der Waals surface area (Å²) in [6.45, 7) is 4.59. The quantitative estimate of drug-likeness (QED) is 0.666. The Hall–Kier alpha value is -2.28. The molecule has 2 aromatic rings. The van der Waals surface area contributed by atoms with Crippen molar-refractivity contribution in [3.8, 4) is 11.5 Å². The Kier molecular flexibility index (Phi) is 5.67. The van der Waals surface area contributed by atoms with Gasteiger partial charge in [-0.15, -0.1) is 10.2 Å². The van der Waals surface area contributed by atoms with Crippen LogP contribution in [0.1, 0.15) is 18.9 Å². The molecule has 1 fully saturated rings. The highest BCUT2D eigenvalue weighted by molar-refractivity contribution is 7.91. The van der Waals surface area contributed by atoms with Crippen molar-refractivity contribution in [1.82, 2.24) is 19.4 Å². The SMILES string of the molecule is CCC(=O)Nc1nnc(S(=O)(=O)N2CCN(Cc3ccc4c(c3)OCO4)CC2)s1. The monoisotopic (exact) mass is 439 g/mol. The number of hydrogen-bond acceptors (Lipinski definition) is 9. The highest BCUT2D eigenvalue weighted by Crippen LogP contribution is 2.33. The van der Waals surface area contributed by atoms with E-state index in [9.17, 15) is 13.2 Å². The van der Waals surface area contributed by atoms with Gasteiger partial charge >= 0.3 is 0 Å². The van der Waals surface area contributed by atoms with Gasteiger partial charge in [-0.25, -0.2) is 8.42 Å². The van der Waals surface area contributed by atoms with Crippen molar-refractivity contribution in [1.29, 1.82) is 0 Å². The second-order valence-corrected chi connectivity index (χ2v) is 9.73. The van der Waals surface area contributed by atoms with Gasteiger partial charge in [-0.2, -0.15) is 4.31 Å². The van der Waals surface area contributed by atoms with Crippen LogP contribution in [0.25, 0.3) is 0 Å². The molecule has 1 saturated heterocycles. The zero-order valence-electron chi connectivity index (χ0n) is 15.8. The van der Waals surface area contributed by atoms with Crippen molar-refractivity contribution in [3.05, 3.63) is 23.8 Å². The number of rotatable bonds is 6. The predicted molar refractivity (Wildman–Crippen MR) is 105 cm³/mol. The summed E-state index contributed by atoms with van der Waals surface area (Å²) < 4.78 is 37.7. The van der Waals surface area contributed by atoms with Gasteiger partial charge in [-0.1, -0.05) is 24.3 Å². The van der Waals surface area contributed by atoms with Crippen molar-refractivity contribution < 1.29 is 22.7 Å². The number of anilines is 1. The second kappa shape index (κ2) is 8.22. The molecule has 0 aliphatic carbocycles. The van der Waals surface area contributed by atoms with Crippen molar-refractivity contribution in [3.63, 3.8) is 0 Å². The number of nitrogens with zero attached hydrogens (tertiary/aromatic N) is 4. The molecule has 1 aromatic heterocycles. The molecule has 12 heteroatoms. The molecule has 0 radical (unpaired) electrons. The first-order chi connectivity index (χ1) is 14.0. The lowest BCUT2D eigenvalue weighted by Gasteiger charge is -2.33. The maximum atomic E-state index is 12.8. The summed E-state index contributed by atoms with van der Waals surface area (Å²) in [7, 11) is -3.72. The van der Waals surface area contributed by atoms with Crippen molar-refractivity contribution in [2.24, 2.45) is 0 Å². The molecular weight excluding hydrogens is 418 g/mol. The number of ether oxygens (including phenoxy) is 2. The Morgan fingerprint density at radius 1 is 1.17 bits per heavy atom. The molecule has 1 aromatic carbocycles. The number of benzene rings is 1. The minimum absolute atomic E-state index is 0.104.